The molecule has 0 saturated carbocycles. The molecule has 0 aromatic heterocycles. The molecule has 5 heteroatoms. The molecule has 2 amide bonds. The molecule has 2 aliphatic heterocycles. The van der Waals surface area contributed by atoms with E-state index in [2.05, 4.69) is 16.0 Å². The maximum atomic E-state index is 11.4. The van der Waals surface area contributed by atoms with Gasteiger partial charge in [-0.3, -0.25) is 0 Å². The van der Waals surface area contributed by atoms with Crippen LogP contribution < -0.4 is 16.0 Å². The number of hydrogen-bond donors (Lipinski definition) is 3. The van der Waals surface area contributed by atoms with E-state index < -0.39 is 0 Å². The Kier molecular flexibility index (Phi) is 3.80. The number of hydrogen-bond acceptors (Lipinski definition) is 3. The highest BCUT2D eigenvalue weighted by molar-refractivity contribution is 5.73. The van der Waals surface area contributed by atoms with Crippen molar-refractivity contribution in [3.05, 3.63) is 0 Å². The third kappa shape index (κ3) is 3.35. The van der Waals surface area contributed by atoms with Gasteiger partial charge in [-0.15, -0.1) is 0 Å². The van der Waals surface area contributed by atoms with Gasteiger partial charge in [0, 0.05) is 44.6 Å². The Bertz CT molecular complexity index is 213. The fourth-order valence-corrected chi connectivity index (χ4v) is 1.77. The van der Waals surface area contributed by atoms with Crippen LogP contribution in [0.3, 0.4) is 0 Å². The van der Waals surface area contributed by atoms with E-state index in [1.54, 1.807) is 0 Å². The first kappa shape index (κ1) is 10.7. The van der Waals surface area contributed by atoms with Gasteiger partial charge < -0.3 is 20.7 Å². The molecular weight excluding hydrogens is 194 g/mol. The summed E-state index contributed by atoms with van der Waals surface area (Å²) >= 11 is 0. The van der Waals surface area contributed by atoms with Crippen LogP contribution in [0.1, 0.15) is 6.42 Å². The quantitative estimate of drug-likeness (QED) is 0.592. The van der Waals surface area contributed by atoms with Crippen LogP contribution >= 0.6 is 0 Å². The van der Waals surface area contributed by atoms with Crippen molar-refractivity contribution in [1.82, 2.24) is 16.0 Å². The Morgan fingerprint density at radius 3 is 2.53 bits per heavy atom. The minimum absolute atomic E-state index is 0.0474. The molecular formula is C10H19N3O2. The summed E-state index contributed by atoms with van der Waals surface area (Å²) < 4.78 is 5.23. The standard InChI is InChI=1S/C10H19N3O2/c14-10(13-6-9-3-11-4-9)12-5-8-1-2-15-7-8/h8-9,11H,1-7H2,(H2,12,13,14). The largest absolute Gasteiger partial charge is 0.381 e. The molecule has 1 unspecified atom stereocenters. The van der Waals surface area contributed by atoms with Gasteiger partial charge in [-0.2, -0.15) is 0 Å². The van der Waals surface area contributed by atoms with Crippen molar-refractivity contribution < 1.29 is 9.53 Å². The minimum Gasteiger partial charge on any atom is -0.381 e. The average molecular weight is 213 g/mol. The summed E-state index contributed by atoms with van der Waals surface area (Å²) in [5.41, 5.74) is 0. The van der Waals surface area contributed by atoms with Crippen molar-refractivity contribution >= 4 is 6.03 Å². The van der Waals surface area contributed by atoms with Crippen LogP contribution in [0.5, 0.6) is 0 Å². The highest BCUT2D eigenvalue weighted by Crippen LogP contribution is 2.10. The van der Waals surface area contributed by atoms with Gasteiger partial charge in [0.25, 0.3) is 0 Å². The Morgan fingerprint density at radius 1 is 1.27 bits per heavy atom. The van der Waals surface area contributed by atoms with E-state index in [1.165, 1.54) is 0 Å². The summed E-state index contributed by atoms with van der Waals surface area (Å²) in [4.78, 5) is 11.4. The third-order valence-electron chi connectivity index (χ3n) is 2.99. The Labute approximate surface area is 89.9 Å². The molecule has 0 spiro atoms. The van der Waals surface area contributed by atoms with Gasteiger partial charge in [-0.1, -0.05) is 0 Å². The van der Waals surface area contributed by atoms with E-state index in [1.807, 2.05) is 0 Å². The van der Waals surface area contributed by atoms with Gasteiger partial charge >= 0.3 is 6.03 Å². The molecule has 2 aliphatic rings. The van der Waals surface area contributed by atoms with Crippen LogP contribution in [0.25, 0.3) is 0 Å². The molecule has 0 aliphatic carbocycles. The monoisotopic (exact) mass is 213 g/mol. The van der Waals surface area contributed by atoms with Crippen molar-refractivity contribution in [2.45, 2.75) is 6.42 Å². The Morgan fingerprint density at radius 2 is 2.00 bits per heavy atom. The highest BCUT2D eigenvalue weighted by atomic mass is 16.5. The van der Waals surface area contributed by atoms with Crippen molar-refractivity contribution in [2.75, 3.05) is 39.4 Å². The summed E-state index contributed by atoms with van der Waals surface area (Å²) in [7, 11) is 0. The van der Waals surface area contributed by atoms with Gasteiger partial charge in [0.15, 0.2) is 0 Å². The minimum atomic E-state index is -0.0474. The smallest absolute Gasteiger partial charge is 0.314 e. The first-order valence-electron chi connectivity index (χ1n) is 5.65. The fraction of sp³-hybridized carbons (Fsp3) is 0.900. The van der Waals surface area contributed by atoms with Crippen molar-refractivity contribution in [3.8, 4) is 0 Å². The fourth-order valence-electron chi connectivity index (χ4n) is 1.77. The summed E-state index contributed by atoms with van der Waals surface area (Å²) in [5.74, 6) is 1.12. The van der Waals surface area contributed by atoms with Crippen molar-refractivity contribution in [2.24, 2.45) is 11.8 Å². The lowest BCUT2D eigenvalue weighted by Crippen LogP contribution is -2.50. The van der Waals surface area contributed by atoms with E-state index in [9.17, 15) is 4.79 Å². The van der Waals surface area contributed by atoms with Crippen molar-refractivity contribution in [1.29, 1.82) is 0 Å². The molecule has 86 valence electrons. The van der Waals surface area contributed by atoms with E-state index in [-0.39, 0.29) is 6.03 Å². The second-order valence-corrected chi connectivity index (χ2v) is 4.34. The van der Waals surface area contributed by atoms with Gasteiger partial charge in [-0.25, -0.2) is 4.79 Å². The van der Waals surface area contributed by atoms with Crippen LogP contribution in [0, 0.1) is 11.8 Å². The predicted octanol–water partition coefficient (Wildman–Crippen LogP) is -0.458. The lowest BCUT2D eigenvalue weighted by atomic mass is 10.0. The second-order valence-electron chi connectivity index (χ2n) is 4.34. The first-order valence-corrected chi connectivity index (χ1v) is 5.65. The summed E-state index contributed by atoms with van der Waals surface area (Å²) in [6.07, 6.45) is 1.06. The van der Waals surface area contributed by atoms with Crippen LogP contribution in [0.15, 0.2) is 0 Å². The molecule has 2 rings (SSSR count). The molecule has 2 heterocycles. The van der Waals surface area contributed by atoms with Crippen molar-refractivity contribution in [3.63, 3.8) is 0 Å². The molecule has 2 saturated heterocycles. The van der Waals surface area contributed by atoms with Crippen LogP contribution in [0.2, 0.25) is 0 Å². The second kappa shape index (κ2) is 5.32. The number of carbonyl (C=O) groups is 1. The van der Waals surface area contributed by atoms with Gasteiger partial charge in [0.05, 0.1) is 6.61 Å². The molecule has 0 aromatic rings. The topological polar surface area (TPSA) is 62.4 Å². The summed E-state index contributed by atoms with van der Waals surface area (Å²) in [6.45, 7) is 5.18. The predicted molar refractivity (Wildman–Crippen MR) is 56.7 cm³/mol. The molecule has 0 aromatic carbocycles. The summed E-state index contributed by atoms with van der Waals surface area (Å²) in [6, 6.07) is -0.0474. The summed E-state index contributed by atoms with van der Waals surface area (Å²) in [5, 5.41) is 8.93. The van der Waals surface area contributed by atoms with Crippen LogP contribution in [-0.4, -0.2) is 45.4 Å². The van der Waals surface area contributed by atoms with E-state index in [0.717, 1.165) is 45.8 Å². The molecule has 0 radical (unpaired) electrons. The normalized spacial score (nSPS) is 26.0. The van der Waals surface area contributed by atoms with Gasteiger partial charge in [-0.05, 0) is 6.42 Å². The SMILES string of the molecule is O=C(NCC1CNC1)NCC1CCOC1. The number of ether oxygens (including phenoxy) is 1. The first-order chi connectivity index (χ1) is 7.34. The zero-order valence-corrected chi connectivity index (χ0v) is 8.92. The maximum absolute atomic E-state index is 11.4. The average Bonchev–Trinajstić information content (AvgIpc) is 2.64. The van der Waals surface area contributed by atoms with E-state index in [0.29, 0.717) is 11.8 Å². The lowest BCUT2D eigenvalue weighted by Gasteiger charge is -2.27. The van der Waals surface area contributed by atoms with Crippen LogP contribution in [-0.2, 0) is 4.74 Å². The van der Waals surface area contributed by atoms with E-state index in [4.69, 9.17) is 4.74 Å². The van der Waals surface area contributed by atoms with Gasteiger partial charge in [0.2, 0.25) is 0 Å². The number of carbonyl (C=O) groups excluding carboxylic acids is 1. The van der Waals surface area contributed by atoms with E-state index >= 15 is 0 Å². The zero-order chi connectivity index (χ0) is 10.5. The number of urea groups is 1. The molecule has 1 atom stereocenters. The number of nitrogens with one attached hydrogen (secondary N) is 3. The molecule has 5 nitrogen and oxygen atoms in total. The Balaban J connectivity index is 1.51. The molecule has 15 heavy (non-hydrogen) atoms. The molecule has 0 bridgehead atoms. The third-order valence-corrected chi connectivity index (χ3v) is 2.99. The number of rotatable bonds is 4. The zero-order valence-electron chi connectivity index (χ0n) is 8.92. The molecule has 3 N–H and O–H groups in total. The highest BCUT2D eigenvalue weighted by Gasteiger charge is 2.18. The maximum Gasteiger partial charge on any atom is 0.314 e. The van der Waals surface area contributed by atoms with Crippen LogP contribution in [0.4, 0.5) is 4.79 Å². The lowest BCUT2D eigenvalue weighted by molar-refractivity contribution is 0.185. The Hall–Kier alpha value is -0.810. The number of amides is 2. The van der Waals surface area contributed by atoms with Gasteiger partial charge in [0.1, 0.15) is 0 Å². The molecule has 2 fully saturated rings.